The van der Waals surface area contributed by atoms with Crippen molar-refractivity contribution in [2.45, 2.75) is 40.0 Å². The van der Waals surface area contributed by atoms with Crippen molar-refractivity contribution in [3.05, 3.63) is 35.4 Å². The molecule has 0 heterocycles. The number of benzene rings is 1. The van der Waals surface area contributed by atoms with Crippen molar-refractivity contribution < 1.29 is 9.47 Å². The van der Waals surface area contributed by atoms with Gasteiger partial charge in [-0.3, -0.25) is 4.99 Å². The van der Waals surface area contributed by atoms with E-state index >= 15 is 0 Å². The first-order valence-electron chi connectivity index (χ1n) is 7.94. The highest BCUT2D eigenvalue weighted by atomic mass is 127. The van der Waals surface area contributed by atoms with Crippen LogP contribution >= 0.6 is 24.0 Å². The molecule has 0 aliphatic heterocycles. The van der Waals surface area contributed by atoms with Crippen LogP contribution in [0.4, 0.5) is 0 Å². The van der Waals surface area contributed by atoms with E-state index in [0.29, 0.717) is 13.2 Å². The third kappa shape index (κ3) is 8.30. The van der Waals surface area contributed by atoms with Crippen LogP contribution < -0.4 is 10.6 Å². The van der Waals surface area contributed by atoms with Crippen LogP contribution in [-0.2, 0) is 22.6 Å². The average Bonchev–Trinajstić information content (AvgIpc) is 2.51. The predicted octanol–water partition coefficient (Wildman–Crippen LogP) is 3.18. The molecule has 1 aromatic carbocycles. The van der Waals surface area contributed by atoms with E-state index in [0.717, 1.165) is 12.5 Å². The highest BCUT2D eigenvalue weighted by Crippen LogP contribution is 2.20. The summed E-state index contributed by atoms with van der Waals surface area (Å²) in [6, 6.07) is 8.36. The molecule has 6 heteroatoms. The summed E-state index contributed by atoms with van der Waals surface area (Å²) in [6.07, 6.45) is 0.120. The van der Waals surface area contributed by atoms with Gasteiger partial charge in [0.1, 0.15) is 0 Å². The van der Waals surface area contributed by atoms with Gasteiger partial charge in [-0.05, 0) is 16.5 Å². The van der Waals surface area contributed by atoms with Crippen LogP contribution in [0.25, 0.3) is 0 Å². The molecule has 0 aliphatic carbocycles. The zero-order valence-corrected chi connectivity index (χ0v) is 18.0. The second kappa shape index (κ2) is 11.7. The van der Waals surface area contributed by atoms with Crippen molar-refractivity contribution in [2.24, 2.45) is 10.4 Å². The van der Waals surface area contributed by atoms with Gasteiger partial charge in [-0.25, -0.2) is 0 Å². The minimum atomic E-state index is 0. The van der Waals surface area contributed by atoms with E-state index in [4.69, 9.17) is 9.47 Å². The van der Waals surface area contributed by atoms with Crippen molar-refractivity contribution in [1.82, 2.24) is 10.6 Å². The Morgan fingerprint density at radius 2 is 1.67 bits per heavy atom. The zero-order chi connectivity index (χ0) is 17.3. The molecule has 138 valence electrons. The fraction of sp³-hybridized carbons (Fsp3) is 0.611. The SMILES string of the molecule is CN=C(NCc1ccc(COC)cc1)NCC(OC)C(C)(C)C.I. The number of aliphatic imine (C=N–C) groups is 1. The van der Waals surface area contributed by atoms with Crippen LogP contribution in [0.3, 0.4) is 0 Å². The van der Waals surface area contributed by atoms with Crippen molar-refractivity contribution in [1.29, 1.82) is 0 Å². The van der Waals surface area contributed by atoms with E-state index in [9.17, 15) is 0 Å². The van der Waals surface area contributed by atoms with Gasteiger partial charge >= 0.3 is 0 Å². The standard InChI is InChI=1S/C18H31N3O2.HI/c1-18(2,3)16(23-6)12-21-17(19-4)20-11-14-7-9-15(10-8-14)13-22-5;/h7-10,16H,11-13H2,1-6H3,(H2,19,20,21);1H. The van der Waals surface area contributed by atoms with Crippen molar-refractivity contribution in [2.75, 3.05) is 27.8 Å². The molecular weight excluding hydrogens is 417 g/mol. The molecule has 0 radical (unpaired) electrons. The fourth-order valence-electron chi connectivity index (χ4n) is 2.26. The van der Waals surface area contributed by atoms with E-state index in [1.165, 1.54) is 11.1 Å². The first-order valence-corrected chi connectivity index (χ1v) is 7.94. The number of hydrogen-bond donors (Lipinski definition) is 2. The lowest BCUT2D eigenvalue weighted by molar-refractivity contribution is 0.0205. The van der Waals surface area contributed by atoms with Gasteiger partial charge in [0.25, 0.3) is 0 Å². The van der Waals surface area contributed by atoms with Gasteiger partial charge in [0.05, 0.1) is 12.7 Å². The van der Waals surface area contributed by atoms with Crippen LogP contribution in [0.2, 0.25) is 0 Å². The first kappa shape index (κ1) is 23.1. The number of nitrogens with zero attached hydrogens (tertiary/aromatic N) is 1. The molecule has 1 aromatic rings. The van der Waals surface area contributed by atoms with Crippen molar-refractivity contribution in [3.8, 4) is 0 Å². The Morgan fingerprint density at radius 3 is 2.12 bits per heavy atom. The smallest absolute Gasteiger partial charge is 0.191 e. The maximum absolute atomic E-state index is 5.55. The molecule has 0 saturated heterocycles. The normalized spacial score (nSPS) is 13.2. The Bertz CT molecular complexity index is 484. The number of guanidine groups is 1. The molecule has 1 atom stereocenters. The molecule has 5 nitrogen and oxygen atoms in total. The molecule has 2 N–H and O–H groups in total. The first-order chi connectivity index (χ1) is 10.9. The van der Waals surface area contributed by atoms with E-state index in [1.54, 1.807) is 21.3 Å². The maximum atomic E-state index is 5.55. The monoisotopic (exact) mass is 449 g/mol. The molecule has 0 aliphatic rings. The quantitative estimate of drug-likeness (QED) is 0.382. The Morgan fingerprint density at radius 1 is 1.08 bits per heavy atom. The largest absolute Gasteiger partial charge is 0.380 e. The maximum Gasteiger partial charge on any atom is 0.191 e. The zero-order valence-electron chi connectivity index (χ0n) is 15.7. The molecule has 1 unspecified atom stereocenters. The second-order valence-corrected chi connectivity index (χ2v) is 6.65. The molecule has 0 amide bonds. The highest BCUT2D eigenvalue weighted by Gasteiger charge is 2.24. The predicted molar refractivity (Wildman–Crippen MR) is 111 cm³/mol. The summed E-state index contributed by atoms with van der Waals surface area (Å²) < 4.78 is 10.7. The number of rotatable bonds is 7. The molecule has 0 bridgehead atoms. The van der Waals surface area contributed by atoms with Crippen LogP contribution in [0.1, 0.15) is 31.9 Å². The Kier molecular flexibility index (Phi) is 11.2. The van der Waals surface area contributed by atoms with Gasteiger partial charge in [-0.15, -0.1) is 24.0 Å². The van der Waals surface area contributed by atoms with E-state index in [-0.39, 0.29) is 35.5 Å². The van der Waals surface area contributed by atoms with E-state index in [2.05, 4.69) is 60.7 Å². The van der Waals surface area contributed by atoms with Gasteiger partial charge in [0, 0.05) is 34.4 Å². The molecule has 1 rings (SSSR count). The average molecular weight is 449 g/mol. The second-order valence-electron chi connectivity index (χ2n) is 6.65. The fourth-order valence-corrected chi connectivity index (χ4v) is 2.26. The lowest BCUT2D eigenvalue weighted by Gasteiger charge is -2.30. The van der Waals surface area contributed by atoms with Gasteiger partial charge in [0.2, 0.25) is 0 Å². The lowest BCUT2D eigenvalue weighted by Crippen LogP contribution is -2.45. The summed E-state index contributed by atoms with van der Waals surface area (Å²) in [7, 11) is 5.22. The number of nitrogens with one attached hydrogen (secondary N) is 2. The van der Waals surface area contributed by atoms with E-state index < -0.39 is 0 Å². The topological polar surface area (TPSA) is 54.9 Å². The molecule has 0 spiro atoms. The number of hydrogen-bond acceptors (Lipinski definition) is 3. The van der Waals surface area contributed by atoms with Gasteiger partial charge < -0.3 is 20.1 Å². The van der Waals surface area contributed by atoms with Crippen LogP contribution in [0.5, 0.6) is 0 Å². The molecular formula is C18H32IN3O2. The van der Waals surface area contributed by atoms with Crippen LogP contribution in [0.15, 0.2) is 29.3 Å². The lowest BCUT2D eigenvalue weighted by atomic mass is 9.89. The van der Waals surface area contributed by atoms with Gasteiger partial charge in [0.15, 0.2) is 5.96 Å². The Hall–Kier alpha value is -0.860. The van der Waals surface area contributed by atoms with Crippen LogP contribution in [-0.4, -0.2) is 39.9 Å². The summed E-state index contributed by atoms with van der Waals surface area (Å²) >= 11 is 0. The van der Waals surface area contributed by atoms with Crippen molar-refractivity contribution in [3.63, 3.8) is 0 Å². The Labute approximate surface area is 163 Å². The highest BCUT2D eigenvalue weighted by molar-refractivity contribution is 14.0. The molecule has 24 heavy (non-hydrogen) atoms. The minimum absolute atomic E-state index is 0. The summed E-state index contributed by atoms with van der Waals surface area (Å²) in [5.41, 5.74) is 2.46. The number of ether oxygens (including phenoxy) is 2. The molecule has 0 aromatic heterocycles. The van der Waals surface area contributed by atoms with Crippen molar-refractivity contribution >= 4 is 29.9 Å². The summed E-state index contributed by atoms with van der Waals surface area (Å²) in [6.45, 7) is 8.58. The number of halogens is 1. The van der Waals surface area contributed by atoms with Gasteiger partial charge in [-0.1, -0.05) is 45.0 Å². The molecule has 0 saturated carbocycles. The Balaban J connectivity index is 0.00000529. The van der Waals surface area contributed by atoms with Crippen LogP contribution in [0, 0.1) is 5.41 Å². The van der Waals surface area contributed by atoms with E-state index in [1.807, 2.05) is 0 Å². The third-order valence-corrected chi connectivity index (χ3v) is 3.72. The number of methoxy groups -OCH3 is 2. The molecule has 0 fully saturated rings. The minimum Gasteiger partial charge on any atom is -0.380 e. The van der Waals surface area contributed by atoms with Gasteiger partial charge in [-0.2, -0.15) is 0 Å². The summed E-state index contributed by atoms with van der Waals surface area (Å²) in [5.74, 6) is 0.775. The summed E-state index contributed by atoms with van der Waals surface area (Å²) in [5, 5.41) is 6.64. The summed E-state index contributed by atoms with van der Waals surface area (Å²) in [4.78, 5) is 4.26. The third-order valence-electron chi connectivity index (χ3n) is 3.72.